The standard InChI is InChI=1S/C15H13BrFNO3/c1-20-13-5-3-4-10(14(13)21-2)15(19)18-9-6-7-12(17)11(16)8-9/h3-8H,1-2H3,(H,18,19). The summed E-state index contributed by atoms with van der Waals surface area (Å²) in [5.41, 5.74) is 0.801. The van der Waals surface area contributed by atoms with Gasteiger partial charge in [0, 0.05) is 5.69 Å². The molecule has 0 heterocycles. The molecule has 0 saturated carbocycles. The molecule has 2 aromatic rings. The third-order valence-electron chi connectivity index (χ3n) is 2.83. The van der Waals surface area contributed by atoms with Crippen LogP contribution in [0.2, 0.25) is 0 Å². The van der Waals surface area contributed by atoms with Crippen LogP contribution in [0.25, 0.3) is 0 Å². The molecule has 0 bridgehead atoms. The van der Waals surface area contributed by atoms with E-state index in [4.69, 9.17) is 9.47 Å². The Morgan fingerprint density at radius 3 is 2.57 bits per heavy atom. The van der Waals surface area contributed by atoms with Gasteiger partial charge in [0.25, 0.3) is 5.91 Å². The molecule has 110 valence electrons. The van der Waals surface area contributed by atoms with Crippen LogP contribution in [0.3, 0.4) is 0 Å². The second kappa shape index (κ2) is 6.58. The molecular formula is C15H13BrFNO3. The van der Waals surface area contributed by atoms with E-state index in [2.05, 4.69) is 21.2 Å². The van der Waals surface area contributed by atoms with Crippen LogP contribution < -0.4 is 14.8 Å². The first-order chi connectivity index (χ1) is 10.1. The number of amides is 1. The molecule has 0 aliphatic carbocycles. The van der Waals surface area contributed by atoms with E-state index in [0.717, 1.165) is 0 Å². The Labute approximate surface area is 130 Å². The zero-order valence-electron chi connectivity index (χ0n) is 11.4. The number of hydrogen-bond acceptors (Lipinski definition) is 3. The minimum absolute atomic E-state index is 0.276. The Hall–Kier alpha value is -2.08. The summed E-state index contributed by atoms with van der Waals surface area (Å²) in [5, 5.41) is 2.68. The van der Waals surface area contributed by atoms with Crippen molar-refractivity contribution in [2.24, 2.45) is 0 Å². The number of carbonyl (C=O) groups is 1. The molecule has 6 heteroatoms. The molecule has 0 radical (unpaired) electrons. The van der Waals surface area contributed by atoms with Crippen molar-refractivity contribution in [3.8, 4) is 11.5 Å². The molecule has 1 N–H and O–H groups in total. The van der Waals surface area contributed by atoms with Crippen molar-refractivity contribution in [3.05, 3.63) is 52.3 Å². The summed E-state index contributed by atoms with van der Waals surface area (Å²) >= 11 is 3.07. The normalized spacial score (nSPS) is 10.1. The first-order valence-electron chi connectivity index (χ1n) is 6.04. The monoisotopic (exact) mass is 353 g/mol. The number of rotatable bonds is 4. The number of halogens is 2. The summed E-state index contributed by atoms with van der Waals surface area (Å²) < 4.78 is 23.8. The van der Waals surface area contributed by atoms with Crippen LogP contribution >= 0.6 is 15.9 Å². The predicted molar refractivity (Wildman–Crippen MR) is 81.6 cm³/mol. The zero-order valence-corrected chi connectivity index (χ0v) is 13.0. The van der Waals surface area contributed by atoms with Crippen molar-refractivity contribution in [2.45, 2.75) is 0 Å². The van der Waals surface area contributed by atoms with Gasteiger partial charge in [0.1, 0.15) is 5.82 Å². The van der Waals surface area contributed by atoms with Gasteiger partial charge in [0.15, 0.2) is 11.5 Å². The fraction of sp³-hybridized carbons (Fsp3) is 0.133. The van der Waals surface area contributed by atoms with E-state index >= 15 is 0 Å². The van der Waals surface area contributed by atoms with Crippen molar-refractivity contribution < 1.29 is 18.7 Å². The van der Waals surface area contributed by atoms with Crippen LogP contribution in [0.5, 0.6) is 11.5 Å². The number of para-hydroxylation sites is 1. The number of ether oxygens (including phenoxy) is 2. The minimum atomic E-state index is -0.396. The van der Waals surface area contributed by atoms with Gasteiger partial charge in [0.05, 0.1) is 24.3 Å². The topological polar surface area (TPSA) is 47.6 Å². The zero-order chi connectivity index (χ0) is 15.4. The molecule has 2 rings (SSSR count). The van der Waals surface area contributed by atoms with Crippen LogP contribution in [0.15, 0.2) is 40.9 Å². The smallest absolute Gasteiger partial charge is 0.259 e. The molecule has 0 fully saturated rings. The number of hydrogen-bond donors (Lipinski definition) is 1. The fourth-order valence-electron chi connectivity index (χ4n) is 1.84. The predicted octanol–water partition coefficient (Wildman–Crippen LogP) is 3.86. The summed E-state index contributed by atoms with van der Waals surface area (Å²) in [6, 6.07) is 9.24. The summed E-state index contributed by atoms with van der Waals surface area (Å²) in [6.07, 6.45) is 0. The van der Waals surface area contributed by atoms with Crippen molar-refractivity contribution in [2.75, 3.05) is 19.5 Å². The van der Waals surface area contributed by atoms with Crippen LogP contribution in [0, 0.1) is 5.82 Å². The maximum atomic E-state index is 13.2. The lowest BCUT2D eigenvalue weighted by atomic mass is 10.1. The van der Waals surface area contributed by atoms with Crippen molar-refractivity contribution in [3.63, 3.8) is 0 Å². The molecule has 4 nitrogen and oxygen atoms in total. The van der Waals surface area contributed by atoms with Gasteiger partial charge >= 0.3 is 0 Å². The lowest BCUT2D eigenvalue weighted by Gasteiger charge is -2.12. The molecule has 1 amide bonds. The maximum Gasteiger partial charge on any atom is 0.259 e. The highest BCUT2D eigenvalue weighted by molar-refractivity contribution is 9.10. The Balaban J connectivity index is 2.30. The highest BCUT2D eigenvalue weighted by atomic mass is 79.9. The fourth-order valence-corrected chi connectivity index (χ4v) is 2.22. The van der Waals surface area contributed by atoms with E-state index in [-0.39, 0.29) is 10.4 Å². The molecule has 2 aromatic carbocycles. The molecule has 0 atom stereocenters. The van der Waals surface area contributed by atoms with E-state index in [1.54, 1.807) is 18.2 Å². The van der Waals surface area contributed by atoms with Gasteiger partial charge in [-0.05, 0) is 46.3 Å². The van der Waals surface area contributed by atoms with E-state index in [9.17, 15) is 9.18 Å². The maximum absolute atomic E-state index is 13.2. The summed E-state index contributed by atoms with van der Waals surface area (Å²) in [7, 11) is 2.96. The van der Waals surface area contributed by atoms with Gasteiger partial charge in [0.2, 0.25) is 0 Å². The minimum Gasteiger partial charge on any atom is -0.493 e. The lowest BCUT2D eigenvalue weighted by Crippen LogP contribution is -2.13. The number of carbonyl (C=O) groups excluding carboxylic acids is 1. The van der Waals surface area contributed by atoms with Gasteiger partial charge in [-0.1, -0.05) is 6.07 Å². The van der Waals surface area contributed by atoms with Gasteiger partial charge in [-0.15, -0.1) is 0 Å². The molecule has 0 spiro atoms. The molecule has 21 heavy (non-hydrogen) atoms. The van der Waals surface area contributed by atoms with Crippen molar-refractivity contribution >= 4 is 27.5 Å². The quantitative estimate of drug-likeness (QED) is 0.907. The number of methoxy groups -OCH3 is 2. The average molecular weight is 354 g/mol. The van der Waals surface area contributed by atoms with Crippen molar-refractivity contribution in [1.29, 1.82) is 0 Å². The summed E-state index contributed by atoms with van der Waals surface area (Å²) in [5.74, 6) is 0.0420. The molecule has 0 aromatic heterocycles. The summed E-state index contributed by atoms with van der Waals surface area (Å²) in [6.45, 7) is 0. The number of anilines is 1. The van der Waals surface area contributed by atoms with E-state index in [1.165, 1.54) is 32.4 Å². The molecule has 0 saturated heterocycles. The van der Waals surface area contributed by atoms with Crippen molar-refractivity contribution in [1.82, 2.24) is 0 Å². The van der Waals surface area contributed by atoms with Crippen LogP contribution in [-0.4, -0.2) is 20.1 Å². The van der Waals surface area contributed by atoms with Gasteiger partial charge < -0.3 is 14.8 Å². The second-order valence-corrected chi connectivity index (χ2v) is 4.98. The number of nitrogens with one attached hydrogen (secondary N) is 1. The molecule has 0 aliphatic rings. The third-order valence-corrected chi connectivity index (χ3v) is 3.43. The van der Waals surface area contributed by atoms with Gasteiger partial charge in [-0.2, -0.15) is 0 Å². The van der Waals surface area contributed by atoms with E-state index < -0.39 is 5.82 Å². The van der Waals surface area contributed by atoms with Gasteiger partial charge in [-0.25, -0.2) is 4.39 Å². The third kappa shape index (κ3) is 3.33. The Morgan fingerprint density at radius 1 is 1.19 bits per heavy atom. The SMILES string of the molecule is COc1cccc(C(=O)Nc2ccc(F)c(Br)c2)c1OC. The Morgan fingerprint density at radius 2 is 1.95 bits per heavy atom. The highest BCUT2D eigenvalue weighted by Crippen LogP contribution is 2.31. The van der Waals surface area contributed by atoms with Crippen LogP contribution in [0.1, 0.15) is 10.4 Å². The lowest BCUT2D eigenvalue weighted by molar-refractivity contribution is 0.102. The largest absolute Gasteiger partial charge is 0.493 e. The molecule has 0 unspecified atom stereocenters. The molecule has 0 aliphatic heterocycles. The Bertz CT molecular complexity index is 676. The Kier molecular flexibility index (Phi) is 4.80. The summed E-state index contributed by atoms with van der Waals surface area (Å²) in [4.78, 5) is 12.3. The van der Waals surface area contributed by atoms with Crippen LogP contribution in [-0.2, 0) is 0 Å². The van der Waals surface area contributed by atoms with Crippen LogP contribution in [0.4, 0.5) is 10.1 Å². The molecular weight excluding hydrogens is 341 g/mol. The highest BCUT2D eigenvalue weighted by Gasteiger charge is 2.16. The van der Waals surface area contributed by atoms with Gasteiger partial charge in [-0.3, -0.25) is 4.79 Å². The first-order valence-corrected chi connectivity index (χ1v) is 6.83. The second-order valence-electron chi connectivity index (χ2n) is 4.12. The first kappa shape index (κ1) is 15.3. The van der Waals surface area contributed by atoms with E-state index in [0.29, 0.717) is 22.7 Å². The van der Waals surface area contributed by atoms with E-state index in [1.807, 2.05) is 0 Å². The average Bonchev–Trinajstić information content (AvgIpc) is 2.49. The number of benzene rings is 2.